The number of likely N-dealkylation sites (N-methyl/N-ethyl adjacent to an activating group) is 1. The molecule has 0 aliphatic rings. The Kier molecular flexibility index (Phi) is 7.56. The van der Waals surface area contributed by atoms with Crippen molar-refractivity contribution in [1.82, 2.24) is 5.32 Å². The standard InChI is InChI=1S/C16H26BrNO2/c1-6-18-14(16(20-5)11(2)3)10-12-7-8-15(19-4)13(17)9-12/h7-9,11,14,16,18H,6,10H2,1-5H3. The Hall–Kier alpha value is -0.580. The molecule has 4 heteroatoms. The molecule has 114 valence electrons. The molecular formula is C16H26BrNO2. The summed E-state index contributed by atoms with van der Waals surface area (Å²) in [5.41, 5.74) is 1.27. The average molecular weight is 344 g/mol. The number of benzene rings is 1. The number of hydrogen-bond acceptors (Lipinski definition) is 3. The maximum atomic E-state index is 5.67. The Labute approximate surface area is 131 Å². The third kappa shape index (κ3) is 4.76. The van der Waals surface area contributed by atoms with Gasteiger partial charge >= 0.3 is 0 Å². The Morgan fingerprint density at radius 2 is 1.95 bits per heavy atom. The van der Waals surface area contributed by atoms with Gasteiger partial charge in [0, 0.05) is 13.2 Å². The molecule has 0 aliphatic carbocycles. The zero-order chi connectivity index (χ0) is 15.1. The third-order valence-electron chi connectivity index (χ3n) is 3.46. The highest BCUT2D eigenvalue weighted by Gasteiger charge is 2.24. The van der Waals surface area contributed by atoms with E-state index in [1.54, 1.807) is 14.2 Å². The number of ether oxygens (including phenoxy) is 2. The summed E-state index contributed by atoms with van der Waals surface area (Å²) >= 11 is 3.54. The van der Waals surface area contributed by atoms with Crippen molar-refractivity contribution in [2.45, 2.75) is 39.3 Å². The van der Waals surface area contributed by atoms with E-state index in [1.807, 2.05) is 6.07 Å². The van der Waals surface area contributed by atoms with Gasteiger partial charge in [0.1, 0.15) is 5.75 Å². The number of nitrogens with one attached hydrogen (secondary N) is 1. The average Bonchev–Trinajstić information content (AvgIpc) is 2.39. The van der Waals surface area contributed by atoms with Gasteiger partial charge < -0.3 is 14.8 Å². The van der Waals surface area contributed by atoms with Crippen LogP contribution >= 0.6 is 15.9 Å². The molecule has 0 aliphatic heterocycles. The Morgan fingerprint density at radius 3 is 2.40 bits per heavy atom. The number of hydrogen-bond donors (Lipinski definition) is 1. The SMILES string of the molecule is CCNC(Cc1ccc(OC)c(Br)c1)C(OC)C(C)C. The van der Waals surface area contributed by atoms with E-state index in [2.05, 4.69) is 54.2 Å². The molecule has 2 unspecified atom stereocenters. The fourth-order valence-electron chi connectivity index (χ4n) is 2.56. The van der Waals surface area contributed by atoms with Gasteiger partial charge in [0.25, 0.3) is 0 Å². The van der Waals surface area contributed by atoms with Crippen LogP contribution in [0.5, 0.6) is 5.75 Å². The highest BCUT2D eigenvalue weighted by molar-refractivity contribution is 9.10. The molecule has 0 bridgehead atoms. The molecule has 0 spiro atoms. The summed E-state index contributed by atoms with van der Waals surface area (Å²) < 4.78 is 11.9. The van der Waals surface area contributed by atoms with E-state index in [4.69, 9.17) is 9.47 Å². The first kappa shape index (κ1) is 17.5. The van der Waals surface area contributed by atoms with E-state index < -0.39 is 0 Å². The zero-order valence-electron chi connectivity index (χ0n) is 13.1. The fraction of sp³-hybridized carbons (Fsp3) is 0.625. The lowest BCUT2D eigenvalue weighted by Crippen LogP contribution is -2.45. The third-order valence-corrected chi connectivity index (χ3v) is 4.08. The smallest absolute Gasteiger partial charge is 0.133 e. The predicted molar refractivity (Wildman–Crippen MR) is 87.5 cm³/mol. The molecule has 1 aromatic carbocycles. The highest BCUT2D eigenvalue weighted by atomic mass is 79.9. The lowest BCUT2D eigenvalue weighted by molar-refractivity contribution is 0.0337. The summed E-state index contributed by atoms with van der Waals surface area (Å²) in [5.74, 6) is 1.34. The van der Waals surface area contributed by atoms with Gasteiger partial charge in [-0.1, -0.05) is 26.8 Å². The van der Waals surface area contributed by atoms with Gasteiger partial charge in [-0.15, -0.1) is 0 Å². The molecule has 0 amide bonds. The van der Waals surface area contributed by atoms with Gasteiger partial charge in [-0.25, -0.2) is 0 Å². The molecule has 0 heterocycles. The molecule has 0 saturated carbocycles. The van der Waals surface area contributed by atoms with Crippen molar-refractivity contribution >= 4 is 15.9 Å². The molecule has 1 aromatic rings. The lowest BCUT2D eigenvalue weighted by atomic mass is 9.94. The number of methoxy groups -OCH3 is 2. The van der Waals surface area contributed by atoms with Gasteiger partial charge in [0.05, 0.1) is 17.7 Å². The molecule has 0 radical (unpaired) electrons. The monoisotopic (exact) mass is 343 g/mol. The van der Waals surface area contributed by atoms with Gasteiger partial charge in [-0.2, -0.15) is 0 Å². The van der Waals surface area contributed by atoms with Crippen molar-refractivity contribution < 1.29 is 9.47 Å². The molecule has 2 atom stereocenters. The maximum absolute atomic E-state index is 5.67. The van der Waals surface area contributed by atoms with Crippen LogP contribution in [-0.4, -0.2) is 32.9 Å². The van der Waals surface area contributed by atoms with Gasteiger partial charge in [-0.05, 0) is 52.5 Å². The van der Waals surface area contributed by atoms with Crippen LogP contribution in [0.1, 0.15) is 26.3 Å². The van der Waals surface area contributed by atoms with Crippen LogP contribution in [0.2, 0.25) is 0 Å². The molecule has 1 rings (SSSR count). The van der Waals surface area contributed by atoms with Gasteiger partial charge in [0.15, 0.2) is 0 Å². The van der Waals surface area contributed by atoms with E-state index in [-0.39, 0.29) is 6.10 Å². The zero-order valence-corrected chi connectivity index (χ0v) is 14.7. The van der Waals surface area contributed by atoms with E-state index in [0.717, 1.165) is 23.2 Å². The second-order valence-electron chi connectivity index (χ2n) is 5.28. The van der Waals surface area contributed by atoms with Crippen molar-refractivity contribution in [2.24, 2.45) is 5.92 Å². The van der Waals surface area contributed by atoms with Crippen molar-refractivity contribution in [3.63, 3.8) is 0 Å². The lowest BCUT2D eigenvalue weighted by Gasteiger charge is -2.30. The maximum Gasteiger partial charge on any atom is 0.133 e. The fourth-order valence-corrected chi connectivity index (χ4v) is 3.15. The molecule has 0 saturated heterocycles. The molecule has 0 aromatic heterocycles. The normalized spacial score (nSPS) is 14.3. The molecular weight excluding hydrogens is 318 g/mol. The molecule has 3 nitrogen and oxygen atoms in total. The number of rotatable bonds is 8. The number of halogens is 1. The minimum atomic E-state index is 0.204. The van der Waals surface area contributed by atoms with E-state index in [0.29, 0.717) is 12.0 Å². The van der Waals surface area contributed by atoms with E-state index in [9.17, 15) is 0 Å². The molecule has 1 N–H and O–H groups in total. The second kappa shape index (κ2) is 8.65. The summed E-state index contributed by atoms with van der Waals surface area (Å²) in [4.78, 5) is 0. The Balaban J connectivity index is 2.87. The topological polar surface area (TPSA) is 30.5 Å². The Bertz CT molecular complexity index is 409. The quantitative estimate of drug-likeness (QED) is 0.781. The van der Waals surface area contributed by atoms with Crippen molar-refractivity contribution in [3.8, 4) is 5.75 Å². The first-order chi connectivity index (χ1) is 9.53. The van der Waals surface area contributed by atoms with Crippen LogP contribution in [-0.2, 0) is 11.2 Å². The summed E-state index contributed by atoms with van der Waals surface area (Å²) in [7, 11) is 3.47. The molecule has 0 fully saturated rings. The van der Waals surface area contributed by atoms with E-state index >= 15 is 0 Å². The minimum Gasteiger partial charge on any atom is -0.496 e. The van der Waals surface area contributed by atoms with Crippen LogP contribution in [0, 0.1) is 5.92 Å². The van der Waals surface area contributed by atoms with Crippen LogP contribution in [0.4, 0.5) is 0 Å². The van der Waals surface area contributed by atoms with Crippen LogP contribution in [0.15, 0.2) is 22.7 Å². The van der Waals surface area contributed by atoms with Gasteiger partial charge in [0.2, 0.25) is 0 Å². The van der Waals surface area contributed by atoms with Crippen LogP contribution < -0.4 is 10.1 Å². The summed E-state index contributed by atoms with van der Waals surface area (Å²) in [6, 6.07) is 6.54. The summed E-state index contributed by atoms with van der Waals surface area (Å²) in [6.45, 7) is 7.46. The van der Waals surface area contributed by atoms with E-state index in [1.165, 1.54) is 5.56 Å². The van der Waals surface area contributed by atoms with Crippen LogP contribution in [0.25, 0.3) is 0 Å². The summed E-state index contributed by atoms with van der Waals surface area (Å²) in [6.07, 6.45) is 1.14. The highest BCUT2D eigenvalue weighted by Crippen LogP contribution is 2.26. The van der Waals surface area contributed by atoms with Crippen molar-refractivity contribution in [2.75, 3.05) is 20.8 Å². The Morgan fingerprint density at radius 1 is 1.25 bits per heavy atom. The van der Waals surface area contributed by atoms with Crippen LogP contribution in [0.3, 0.4) is 0 Å². The first-order valence-electron chi connectivity index (χ1n) is 7.12. The summed E-state index contributed by atoms with van der Waals surface area (Å²) in [5, 5.41) is 3.54. The van der Waals surface area contributed by atoms with Gasteiger partial charge in [-0.3, -0.25) is 0 Å². The minimum absolute atomic E-state index is 0.204. The second-order valence-corrected chi connectivity index (χ2v) is 6.14. The van der Waals surface area contributed by atoms with Crippen molar-refractivity contribution in [1.29, 1.82) is 0 Å². The first-order valence-corrected chi connectivity index (χ1v) is 7.91. The molecule has 20 heavy (non-hydrogen) atoms. The largest absolute Gasteiger partial charge is 0.496 e. The van der Waals surface area contributed by atoms with Crippen molar-refractivity contribution in [3.05, 3.63) is 28.2 Å². The predicted octanol–water partition coefficient (Wildman–Crippen LogP) is 3.65.